The molecule has 2 aromatic heterocycles. The van der Waals surface area contributed by atoms with Crippen LogP contribution in [0, 0.1) is 0 Å². The van der Waals surface area contributed by atoms with Crippen LogP contribution in [0.15, 0.2) is 85.2 Å². The minimum Gasteiger partial charge on any atom is -0.324 e. The van der Waals surface area contributed by atoms with Gasteiger partial charge in [0.1, 0.15) is 5.82 Å². The third-order valence-corrected chi connectivity index (χ3v) is 7.56. The Labute approximate surface area is 231 Å². The zero-order valence-corrected chi connectivity index (χ0v) is 21.8. The number of halogens is 1. The molecule has 0 fully saturated rings. The zero-order valence-electron chi connectivity index (χ0n) is 21.1. The Morgan fingerprint density at radius 2 is 1.74 bits per heavy atom. The van der Waals surface area contributed by atoms with Crippen LogP contribution >= 0.6 is 11.6 Å². The number of carbonyl (C=O) groups is 3. The third kappa shape index (κ3) is 4.93. The number of anilines is 1. The Kier molecular flexibility index (Phi) is 6.67. The molecule has 6 rings (SSSR count). The van der Waals surface area contributed by atoms with Crippen molar-refractivity contribution in [1.29, 1.82) is 0 Å². The molecule has 0 saturated heterocycles. The fourth-order valence-electron chi connectivity index (χ4n) is 5.33. The molecule has 4 heterocycles. The number of aromatic nitrogens is 2. The summed E-state index contributed by atoms with van der Waals surface area (Å²) in [5, 5.41) is 0.486. The highest BCUT2D eigenvalue weighted by molar-refractivity contribution is 6.30. The molecule has 0 bridgehead atoms. The first-order valence-electron chi connectivity index (χ1n) is 12.8. The van der Waals surface area contributed by atoms with Crippen molar-refractivity contribution >= 4 is 35.0 Å². The molecule has 0 spiro atoms. The van der Waals surface area contributed by atoms with Crippen molar-refractivity contribution < 1.29 is 14.4 Å². The fourth-order valence-corrected chi connectivity index (χ4v) is 5.52. The van der Waals surface area contributed by atoms with Gasteiger partial charge >= 0.3 is 0 Å². The quantitative estimate of drug-likeness (QED) is 0.369. The molecular formula is C31H25ClN4O3. The highest BCUT2D eigenvalue weighted by atomic mass is 35.5. The molecule has 8 heteroatoms. The Morgan fingerprint density at radius 1 is 0.923 bits per heavy atom. The van der Waals surface area contributed by atoms with Gasteiger partial charge < -0.3 is 4.90 Å². The van der Waals surface area contributed by atoms with E-state index in [4.69, 9.17) is 11.6 Å². The summed E-state index contributed by atoms with van der Waals surface area (Å²) in [6.45, 7) is 0.808. The van der Waals surface area contributed by atoms with Crippen LogP contribution < -0.4 is 4.90 Å². The van der Waals surface area contributed by atoms with Crippen LogP contribution in [0.5, 0.6) is 0 Å². The lowest BCUT2D eigenvalue weighted by Crippen LogP contribution is -2.45. The fraction of sp³-hybridized carbons (Fsp3) is 0.194. The van der Waals surface area contributed by atoms with Crippen LogP contribution in [0.3, 0.4) is 0 Å². The summed E-state index contributed by atoms with van der Waals surface area (Å²) >= 11 is 6.19. The predicted molar refractivity (Wildman–Crippen MR) is 148 cm³/mol. The van der Waals surface area contributed by atoms with Crippen molar-refractivity contribution in [3.05, 3.63) is 124 Å². The molecular weight excluding hydrogens is 512 g/mol. The second-order valence-electron chi connectivity index (χ2n) is 9.81. The van der Waals surface area contributed by atoms with E-state index in [1.54, 1.807) is 52.5 Å². The van der Waals surface area contributed by atoms with E-state index in [9.17, 15) is 14.4 Å². The maximum Gasteiger partial charge on any atom is 0.259 e. The number of fused-ring (bicyclic) bond motifs is 2. The second kappa shape index (κ2) is 10.4. The minimum atomic E-state index is -0.688. The van der Waals surface area contributed by atoms with Crippen LogP contribution in [-0.2, 0) is 30.6 Å². The lowest BCUT2D eigenvalue weighted by molar-refractivity contribution is -0.122. The Morgan fingerprint density at radius 3 is 2.54 bits per heavy atom. The second-order valence-corrected chi connectivity index (χ2v) is 10.2. The first-order chi connectivity index (χ1) is 19.0. The van der Waals surface area contributed by atoms with Gasteiger partial charge in [0.25, 0.3) is 11.8 Å². The average molecular weight is 537 g/mol. The van der Waals surface area contributed by atoms with E-state index >= 15 is 0 Å². The van der Waals surface area contributed by atoms with E-state index in [0.717, 1.165) is 23.2 Å². The number of amides is 2. The number of rotatable bonds is 5. The number of hydrogen-bond donors (Lipinski definition) is 0. The lowest BCUT2D eigenvalue weighted by Gasteiger charge is -2.29. The average Bonchev–Trinajstić information content (AvgIpc) is 3.36. The lowest BCUT2D eigenvalue weighted by atomic mass is 9.99. The summed E-state index contributed by atoms with van der Waals surface area (Å²) in [7, 11) is 0. The molecule has 2 aliphatic rings. The van der Waals surface area contributed by atoms with Crippen LogP contribution in [0.25, 0.3) is 0 Å². The third-order valence-electron chi connectivity index (χ3n) is 7.33. The van der Waals surface area contributed by atoms with E-state index in [1.807, 2.05) is 42.5 Å². The van der Waals surface area contributed by atoms with Gasteiger partial charge in [0.15, 0.2) is 5.78 Å². The van der Waals surface area contributed by atoms with Crippen molar-refractivity contribution in [3.63, 3.8) is 0 Å². The summed E-state index contributed by atoms with van der Waals surface area (Å²) in [6, 6.07) is 21.0. The molecule has 4 aromatic rings. The van der Waals surface area contributed by atoms with Crippen molar-refractivity contribution in [2.75, 3.05) is 11.4 Å². The van der Waals surface area contributed by atoms with E-state index in [1.165, 1.54) is 0 Å². The number of nitrogens with zero attached hydrogens (tertiary/aromatic N) is 4. The van der Waals surface area contributed by atoms with Gasteiger partial charge in [0.2, 0.25) is 0 Å². The summed E-state index contributed by atoms with van der Waals surface area (Å²) < 4.78 is 0. The topological polar surface area (TPSA) is 83.5 Å². The van der Waals surface area contributed by atoms with Gasteiger partial charge in [-0.05, 0) is 71.6 Å². The number of carbonyl (C=O) groups excluding carboxylic acids is 3. The van der Waals surface area contributed by atoms with Crippen molar-refractivity contribution in [3.8, 4) is 0 Å². The van der Waals surface area contributed by atoms with E-state index in [-0.39, 0.29) is 30.6 Å². The van der Waals surface area contributed by atoms with Gasteiger partial charge in [-0.1, -0.05) is 35.9 Å². The standard InChI is InChI=1S/C31H25ClN4O3/c32-24-10-11-26-23(16-24)17-28(37)27(18-25-5-1-2-13-33-25)36(31(26)39)19-20-6-8-22(9-7-20)30(38)35-15-12-21-4-3-14-34-29(21)35/h1-11,13-14,16,27H,12,15,17-19H2/t27-/m1/s1. The molecule has 0 N–H and O–H groups in total. The molecule has 194 valence electrons. The SMILES string of the molecule is O=C1Cc2cc(Cl)ccc2C(=O)N(Cc2ccc(C(=O)N3CCc4cccnc43)cc2)[C@@H]1Cc1ccccn1. The number of benzene rings is 2. The van der Waals surface area contributed by atoms with Gasteiger partial charge in [-0.2, -0.15) is 0 Å². The molecule has 2 aliphatic heterocycles. The van der Waals surface area contributed by atoms with Gasteiger partial charge in [-0.25, -0.2) is 4.98 Å². The largest absolute Gasteiger partial charge is 0.324 e. The van der Waals surface area contributed by atoms with Crippen LogP contribution in [0.1, 0.15) is 43.1 Å². The number of Topliss-reactive ketones (excluding diaryl/α,β-unsaturated/α-hetero) is 1. The van der Waals surface area contributed by atoms with E-state index < -0.39 is 6.04 Å². The smallest absolute Gasteiger partial charge is 0.259 e. The molecule has 0 unspecified atom stereocenters. The number of pyridine rings is 2. The molecule has 39 heavy (non-hydrogen) atoms. The summed E-state index contributed by atoms with van der Waals surface area (Å²) in [4.78, 5) is 52.6. The Bertz CT molecular complexity index is 1570. The van der Waals surface area contributed by atoms with Crippen molar-refractivity contribution in [2.24, 2.45) is 0 Å². The molecule has 1 atom stereocenters. The van der Waals surface area contributed by atoms with Gasteiger partial charge in [0, 0.05) is 60.2 Å². The molecule has 2 amide bonds. The molecule has 7 nitrogen and oxygen atoms in total. The zero-order chi connectivity index (χ0) is 26.9. The molecule has 0 aliphatic carbocycles. The minimum absolute atomic E-state index is 0.0676. The first-order valence-corrected chi connectivity index (χ1v) is 13.2. The monoisotopic (exact) mass is 536 g/mol. The highest BCUT2D eigenvalue weighted by Gasteiger charge is 2.36. The number of hydrogen-bond acceptors (Lipinski definition) is 5. The molecule has 2 aromatic carbocycles. The van der Waals surface area contributed by atoms with Crippen LogP contribution in [0.2, 0.25) is 5.02 Å². The molecule has 0 radical (unpaired) electrons. The maximum atomic E-state index is 13.8. The Hall–Kier alpha value is -4.36. The highest BCUT2D eigenvalue weighted by Crippen LogP contribution is 2.28. The summed E-state index contributed by atoms with van der Waals surface area (Å²) in [5.74, 6) is 0.297. The van der Waals surface area contributed by atoms with Crippen molar-refractivity contribution in [2.45, 2.75) is 31.8 Å². The van der Waals surface area contributed by atoms with Crippen LogP contribution in [0.4, 0.5) is 5.82 Å². The van der Waals surface area contributed by atoms with E-state index in [2.05, 4.69) is 9.97 Å². The van der Waals surface area contributed by atoms with E-state index in [0.29, 0.717) is 40.5 Å². The van der Waals surface area contributed by atoms with Crippen molar-refractivity contribution in [1.82, 2.24) is 14.9 Å². The van der Waals surface area contributed by atoms with Gasteiger partial charge in [-0.15, -0.1) is 0 Å². The Balaban J connectivity index is 1.28. The first kappa shape index (κ1) is 24.9. The van der Waals surface area contributed by atoms with Gasteiger partial charge in [-0.3, -0.25) is 24.3 Å². The molecule has 0 saturated carbocycles. The van der Waals surface area contributed by atoms with Gasteiger partial charge in [0.05, 0.1) is 6.04 Å². The summed E-state index contributed by atoms with van der Waals surface area (Å²) in [6.07, 6.45) is 4.59. The number of ketones is 1. The summed E-state index contributed by atoms with van der Waals surface area (Å²) in [5.41, 5.74) is 4.26. The normalized spacial score (nSPS) is 16.6. The predicted octanol–water partition coefficient (Wildman–Crippen LogP) is 4.71. The maximum absolute atomic E-state index is 13.8. The van der Waals surface area contributed by atoms with Crippen LogP contribution in [-0.4, -0.2) is 45.1 Å².